The van der Waals surface area contributed by atoms with Gasteiger partial charge in [-0.1, -0.05) is 0 Å². The van der Waals surface area contributed by atoms with Crippen LogP contribution in [0.1, 0.15) is 40.6 Å². The van der Waals surface area contributed by atoms with Gasteiger partial charge in [-0.3, -0.25) is 4.79 Å². The van der Waals surface area contributed by atoms with Crippen molar-refractivity contribution < 1.29 is 24.2 Å². The molecular weight excluding hydrogens is 306 g/mol. The number of ether oxygens (including phenoxy) is 1. The van der Waals surface area contributed by atoms with Crippen molar-refractivity contribution in [1.29, 1.82) is 0 Å². The molecule has 0 saturated carbocycles. The van der Waals surface area contributed by atoms with Crippen LogP contribution >= 0.6 is 11.3 Å². The molecule has 0 saturated heterocycles. The Morgan fingerprint density at radius 3 is 2.68 bits per heavy atom. The van der Waals surface area contributed by atoms with E-state index in [1.165, 1.54) is 11.3 Å². The normalized spacial score (nSPS) is 13.7. The van der Waals surface area contributed by atoms with Gasteiger partial charge < -0.3 is 15.2 Å². The van der Waals surface area contributed by atoms with Crippen molar-refractivity contribution in [3.05, 3.63) is 28.2 Å². The van der Waals surface area contributed by atoms with Gasteiger partial charge in [-0.2, -0.15) is 0 Å². The first kappa shape index (κ1) is 16.2. The summed E-state index contributed by atoms with van der Waals surface area (Å²) in [4.78, 5) is 35.4. The van der Waals surface area contributed by atoms with E-state index in [0.717, 1.165) is 48.3 Å². The SMILES string of the molecule is CCOC(=O)c1c(NC(=O)/C=C/C(=O)O)sc2c1CCCC2. The molecule has 6 nitrogen and oxygen atoms in total. The fourth-order valence-corrected chi connectivity index (χ4v) is 3.65. The molecule has 7 heteroatoms. The molecular formula is C15H17NO5S. The number of fused-ring (bicyclic) bond motifs is 1. The number of hydrogen-bond acceptors (Lipinski definition) is 5. The minimum atomic E-state index is -1.20. The summed E-state index contributed by atoms with van der Waals surface area (Å²) in [6, 6.07) is 0. The molecule has 0 spiro atoms. The Labute approximate surface area is 131 Å². The summed E-state index contributed by atoms with van der Waals surface area (Å²) in [7, 11) is 0. The Morgan fingerprint density at radius 2 is 2.00 bits per heavy atom. The van der Waals surface area contributed by atoms with Gasteiger partial charge in [0.25, 0.3) is 0 Å². The summed E-state index contributed by atoms with van der Waals surface area (Å²) in [6.07, 6.45) is 5.42. The van der Waals surface area contributed by atoms with E-state index in [2.05, 4.69) is 5.32 Å². The van der Waals surface area contributed by atoms with E-state index < -0.39 is 17.8 Å². The van der Waals surface area contributed by atoms with Gasteiger partial charge in [0, 0.05) is 17.0 Å². The van der Waals surface area contributed by atoms with Gasteiger partial charge >= 0.3 is 11.9 Å². The Balaban J connectivity index is 2.29. The minimum Gasteiger partial charge on any atom is -0.478 e. The zero-order valence-corrected chi connectivity index (χ0v) is 13.0. The molecule has 1 aromatic heterocycles. The topological polar surface area (TPSA) is 92.7 Å². The maximum absolute atomic E-state index is 12.2. The van der Waals surface area contributed by atoms with E-state index >= 15 is 0 Å². The fraction of sp³-hybridized carbons (Fsp3) is 0.400. The van der Waals surface area contributed by atoms with E-state index in [4.69, 9.17) is 9.84 Å². The largest absolute Gasteiger partial charge is 0.478 e. The highest BCUT2D eigenvalue weighted by molar-refractivity contribution is 7.17. The maximum atomic E-state index is 12.2. The Hall–Kier alpha value is -2.15. The zero-order valence-electron chi connectivity index (χ0n) is 12.2. The van der Waals surface area contributed by atoms with Gasteiger partial charge in [-0.25, -0.2) is 9.59 Å². The van der Waals surface area contributed by atoms with Crippen LogP contribution in [-0.4, -0.2) is 29.6 Å². The van der Waals surface area contributed by atoms with Crippen LogP contribution in [0.2, 0.25) is 0 Å². The third kappa shape index (κ3) is 3.73. The summed E-state index contributed by atoms with van der Waals surface area (Å²) in [5, 5.41) is 11.6. The lowest BCUT2D eigenvalue weighted by atomic mass is 9.95. The molecule has 2 N–H and O–H groups in total. The number of amides is 1. The quantitative estimate of drug-likeness (QED) is 0.641. The van der Waals surface area contributed by atoms with Crippen LogP contribution in [0.3, 0.4) is 0 Å². The van der Waals surface area contributed by atoms with Gasteiger partial charge in [-0.05, 0) is 38.2 Å². The molecule has 0 bridgehead atoms. The van der Waals surface area contributed by atoms with Crippen LogP contribution in [0.4, 0.5) is 5.00 Å². The highest BCUT2D eigenvalue weighted by atomic mass is 32.1. The molecule has 2 rings (SSSR count). The maximum Gasteiger partial charge on any atom is 0.341 e. The monoisotopic (exact) mass is 323 g/mol. The summed E-state index contributed by atoms with van der Waals surface area (Å²) in [5.74, 6) is -2.22. The second kappa shape index (κ2) is 7.22. The van der Waals surface area contributed by atoms with Crippen molar-refractivity contribution in [2.24, 2.45) is 0 Å². The molecule has 1 aromatic rings. The van der Waals surface area contributed by atoms with E-state index in [1.807, 2.05) is 0 Å². The number of esters is 1. The molecule has 0 fully saturated rings. The fourth-order valence-electron chi connectivity index (χ4n) is 2.37. The van der Waals surface area contributed by atoms with Crippen LogP contribution in [-0.2, 0) is 27.2 Å². The number of carbonyl (C=O) groups excluding carboxylic acids is 2. The Morgan fingerprint density at radius 1 is 1.27 bits per heavy atom. The first-order chi connectivity index (χ1) is 10.5. The van der Waals surface area contributed by atoms with Crippen LogP contribution in [0.25, 0.3) is 0 Å². The highest BCUT2D eigenvalue weighted by Crippen LogP contribution is 2.38. The molecule has 0 radical (unpaired) electrons. The third-order valence-corrected chi connectivity index (χ3v) is 4.47. The molecule has 1 aliphatic rings. The number of anilines is 1. The van der Waals surface area contributed by atoms with E-state index in [-0.39, 0.29) is 6.61 Å². The third-order valence-electron chi connectivity index (χ3n) is 3.26. The molecule has 0 aliphatic heterocycles. The molecule has 118 valence electrons. The zero-order chi connectivity index (χ0) is 16.1. The molecule has 22 heavy (non-hydrogen) atoms. The predicted octanol–water partition coefficient (Wildman–Crippen LogP) is 2.38. The second-order valence-corrected chi connectivity index (χ2v) is 5.90. The Kier molecular flexibility index (Phi) is 5.32. The van der Waals surface area contributed by atoms with E-state index in [9.17, 15) is 14.4 Å². The van der Waals surface area contributed by atoms with Gasteiger partial charge in [0.15, 0.2) is 0 Å². The lowest BCUT2D eigenvalue weighted by Crippen LogP contribution is -2.14. The number of thiophene rings is 1. The molecule has 1 heterocycles. The second-order valence-electron chi connectivity index (χ2n) is 4.80. The molecule has 0 unspecified atom stereocenters. The highest BCUT2D eigenvalue weighted by Gasteiger charge is 2.26. The smallest absolute Gasteiger partial charge is 0.341 e. The van der Waals surface area contributed by atoms with Crippen molar-refractivity contribution in [3.63, 3.8) is 0 Å². The van der Waals surface area contributed by atoms with Gasteiger partial charge in [-0.15, -0.1) is 11.3 Å². The van der Waals surface area contributed by atoms with Crippen molar-refractivity contribution in [3.8, 4) is 0 Å². The predicted molar refractivity (Wildman–Crippen MR) is 82.3 cm³/mol. The van der Waals surface area contributed by atoms with Crippen molar-refractivity contribution in [1.82, 2.24) is 0 Å². The number of nitrogens with one attached hydrogen (secondary N) is 1. The number of hydrogen-bond donors (Lipinski definition) is 2. The number of rotatable bonds is 5. The lowest BCUT2D eigenvalue weighted by Gasteiger charge is -2.12. The first-order valence-corrected chi connectivity index (χ1v) is 7.88. The number of aryl methyl sites for hydroxylation is 1. The number of carboxylic acids is 1. The molecule has 1 aliphatic carbocycles. The summed E-state index contributed by atoms with van der Waals surface area (Å²) < 4.78 is 5.08. The van der Waals surface area contributed by atoms with Crippen LogP contribution in [0.15, 0.2) is 12.2 Å². The standard InChI is InChI=1S/C15H17NO5S/c1-2-21-15(20)13-9-5-3-4-6-10(9)22-14(13)16-11(17)7-8-12(18)19/h7-8H,2-6H2,1H3,(H,16,17)(H,18,19)/b8-7+. The molecule has 0 atom stereocenters. The van der Waals surface area contributed by atoms with Gasteiger partial charge in [0.2, 0.25) is 5.91 Å². The van der Waals surface area contributed by atoms with Gasteiger partial charge in [0.1, 0.15) is 5.00 Å². The van der Waals surface area contributed by atoms with Crippen molar-refractivity contribution >= 4 is 34.2 Å². The first-order valence-electron chi connectivity index (χ1n) is 7.06. The number of aliphatic carboxylic acids is 1. The van der Waals surface area contributed by atoms with Gasteiger partial charge in [0.05, 0.1) is 12.2 Å². The van der Waals surface area contributed by atoms with E-state index in [1.54, 1.807) is 6.92 Å². The van der Waals surface area contributed by atoms with Crippen LogP contribution in [0.5, 0.6) is 0 Å². The number of carboxylic acid groups (broad SMARTS) is 1. The number of carbonyl (C=O) groups is 3. The average Bonchev–Trinajstić information content (AvgIpc) is 2.83. The van der Waals surface area contributed by atoms with Crippen LogP contribution in [0, 0.1) is 0 Å². The van der Waals surface area contributed by atoms with E-state index in [0.29, 0.717) is 10.6 Å². The summed E-state index contributed by atoms with van der Waals surface area (Å²) in [6.45, 7) is 1.99. The summed E-state index contributed by atoms with van der Waals surface area (Å²) in [5.41, 5.74) is 1.37. The minimum absolute atomic E-state index is 0.260. The average molecular weight is 323 g/mol. The lowest BCUT2D eigenvalue weighted by molar-refractivity contribution is -0.131. The van der Waals surface area contributed by atoms with Crippen LogP contribution < -0.4 is 5.32 Å². The molecule has 0 aromatic carbocycles. The van der Waals surface area contributed by atoms with Crippen molar-refractivity contribution in [2.75, 3.05) is 11.9 Å². The summed E-state index contributed by atoms with van der Waals surface area (Å²) >= 11 is 1.36. The molecule has 1 amide bonds. The van der Waals surface area contributed by atoms with Crippen molar-refractivity contribution in [2.45, 2.75) is 32.6 Å². The Bertz CT molecular complexity index is 632.